The lowest BCUT2D eigenvalue weighted by Crippen LogP contribution is -2.15. The van der Waals surface area contributed by atoms with Crippen molar-refractivity contribution in [2.75, 3.05) is 11.9 Å². The van der Waals surface area contributed by atoms with E-state index in [2.05, 4.69) is 20.3 Å². The molecular formula is C21H17FN4O. The number of halogens is 1. The molecule has 0 aliphatic carbocycles. The number of hydrogen-bond donors (Lipinski definition) is 2. The third kappa shape index (κ3) is 3.61. The van der Waals surface area contributed by atoms with Crippen molar-refractivity contribution in [1.29, 1.82) is 0 Å². The van der Waals surface area contributed by atoms with Gasteiger partial charge in [0, 0.05) is 35.5 Å². The molecule has 2 heterocycles. The van der Waals surface area contributed by atoms with Crippen LogP contribution in [0.25, 0.3) is 22.3 Å². The maximum atomic E-state index is 13.9. The molecule has 4 aromatic rings. The molecule has 0 radical (unpaired) electrons. The Morgan fingerprint density at radius 1 is 0.926 bits per heavy atom. The Hall–Kier alpha value is -3.38. The van der Waals surface area contributed by atoms with Crippen molar-refractivity contribution in [3.05, 3.63) is 84.4 Å². The van der Waals surface area contributed by atoms with Gasteiger partial charge in [-0.25, -0.2) is 14.4 Å². The number of anilines is 1. The minimum atomic E-state index is -0.996. The molecule has 27 heavy (non-hydrogen) atoms. The number of para-hydroxylation sites is 1. The number of aromatic nitrogens is 3. The zero-order chi connectivity index (χ0) is 18.6. The average molecular weight is 360 g/mol. The van der Waals surface area contributed by atoms with Crippen molar-refractivity contribution >= 4 is 16.7 Å². The summed E-state index contributed by atoms with van der Waals surface area (Å²) in [6.45, 7) is 0.123. The molecule has 134 valence electrons. The van der Waals surface area contributed by atoms with Gasteiger partial charge in [0.25, 0.3) is 0 Å². The Morgan fingerprint density at radius 2 is 1.67 bits per heavy atom. The van der Waals surface area contributed by atoms with E-state index in [1.165, 1.54) is 6.07 Å². The smallest absolute Gasteiger partial charge is 0.162 e. The van der Waals surface area contributed by atoms with Crippen LogP contribution in [0.2, 0.25) is 0 Å². The fraction of sp³-hybridized carbons (Fsp3) is 0.0952. The number of benzene rings is 2. The summed E-state index contributed by atoms with van der Waals surface area (Å²) in [5, 5.41) is 14.3. The lowest BCUT2D eigenvalue weighted by atomic mass is 10.1. The van der Waals surface area contributed by atoms with Gasteiger partial charge in [0.15, 0.2) is 5.82 Å². The Kier molecular flexibility index (Phi) is 4.72. The fourth-order valence-electron chi connectivity index (χ4n) is 2.89. The summed E-state index contributed by atoms with van der Waals surface area (Å²) in [5.41, 5.74) is 1.87. The number of rotatable bonds is 5. The second-order valence-corrected chi connectivity index (χ2v) is 6.07. The van der Waals surface area contributed by atoms with E-state index in [1.54, 1.807) is 30.6 Å². The monoisotopic (exact) mass is 360 g/mol. The Labute approximate surface area is 155 Å². The lowest BCUT2D eigenvalue weighted by molar-refractivity contribution is 0.186. The van der Waals surface area contributed by atoms with Crippen LogP contribution >= 0.6 is 0 Å². The topological polar surface area (TPSA) is 70.9 Å². The van der Waals surface area contributed by atoms with E-state index in [1.807, 2.05) is 36.4 Å². The summed E-state index contributed by atoms with van der Waals surface area (Å²) in [7, 11) is 0. The molecule has 4 rings (SSSR count). The molecule has 0 saturated carbocycles. The molecule has 2 N–H and O–H groups in total. The predicted molar refractivity (Wildman–Crippen MR) is 103 cm³/mol. The van der Waals surface area contributed by atoms with Gasteiger partial charge in [-0.2, -0.15) is 0 Å². The zero-order valence-corrected chi connectivity index (χ0v) is 14.4. The highest BCUT2D eigenvalue weighted by molar-refractivity contribution is 5.90. The molecule has 2 aromatic heterocycles. The molecule has 0 amide bonds. The van der Waals surface area contributed by atoms with E-state index in [9.17, 15) is 9.50 Å². The first-order chi connectivity index (χ1) is 13.2. The fourth-order valence-corrected chi connectivity index (χ4v) is 2.89. The van der Waals surface area contributed by atoms with Gasteiger partial charge in [-0.3, -0.25) is 4.98 Å². The van der Waals surface area contributed by atoms with Crippen molar-refractivity contribution in [3.63, 3.8) is 0 Å². The van der Waals surface area contributed by atoms with E-state index in [0.717, 1.165) is 16.5 Å². The summed E-state index contributed by atoms with van der Waals surface area (Å²) in [6, 6.07) is 17.5. The maximum absolute atomic E-state index is 13.9. The number of aliphatic hydroxyl groups excluding tert-OH is 1. The second-order valence-electron chi connectivity index (χ2n) is 6.07. The summed E-state index contributed by atoms with van der Waals surface area (Å²) in [5.74, 6) is 0.707. The van der Waals surface area contributed by atoms with Crippen LogP contribution in [0.3, 0.4) is 0 Å². The van der Waals surface area contributed by atoms with Crippen LogP contribution < -0.4 is 5.32 Å². The second kappa shape index (κ2) is 7.47. The van der Waals surface area contributed by atoms with Crippen LogP contribution in [0.15, 0.2) is 73.1 Å². The van der Waals surface area contributed by atoms with Crippen molar-refractivity contribution in [2.45, 2.75) is 6.10 Å². The molecule has 0 fully saturated rings. The van der Waals surface area contributed by atoms with Gasteiger partial charge in [-0.1, -0.05) is 30.3 Å². The van der Waals surface area contributed by atoms with E-state index in [0.29, 0.717) is 11.6 Å². The van der Waals surface area contributed by atoms with Crippen LogP contribution in [0.5, 0.6) is 0 Å². The minimum absolute atomic E-state index is 0.123. The first-order valence-corrected chi connectivity index (χ1v) is 8.56. The number of nitrogens with one attached hydrogen (secondary N) is 1. The van der Waals surface area contributed by atoms with Crippen LogP contribution in [0.1, 0.15) is 11.7 Å². The normalized spacial score (nSPS) is 12.1. The number of fused-ring (bicyclic) bond motifs is 1. The minimum Gasteiger partial charge on any atom is -0.386 e. The SMILES string of the molecule is O[C@@H](CNc1nc(-c2ccncc2)nc2ccccc12)c1ccccc1F. The summed E-state index contributed by atoms with van der Waals surface area (Å²) in [4.78, 5) is 13.2. The molecule has 0 spiro atoms. The highest BCUT2D eigenvalue weighted by Crippen LogP contribution is 2.25. The van der Waals surface area contributed by atoms with E-state index < -0.39 is 11.9 Å². The predicted octanol–water partition coefficient (Wildman–Crippen LogP) is 3.98. The van der Waals surface area contributed by atoms with Gasteiger partial charge in [0.1, 0.15) is 11.6 Å². The number of pyridine rings is 1. The van der Waals surface area contributed by atoms with Gasteiger partial charge in [0.05, 0.1) is 11.6 Å². The molecular weight excluding hydrogens is 343 g/mol. The van der Waals surface area contributed by atoms with Crippen molar-refractivity contribution in [1.82, 2.24) is 15.0 Å². The first kappa shape index (κ1) is 17.1. The quantitative estimate of drug-likeness (QED) is 0.563. The standard InChI is InChI=1S/C21H17FN4O/c22-17-7-3-1-5-15(17)19(27)13-24-21-16-6-2-4-8-18(16)25-20(26-21)14-9-11-23-12-10-14/h1-12,19,27H,13H2,(H,24,25,26)/t19-/m0/s1. The Morgan fingerprint density at radius 3 is 2.48 bits per heavy atom. The molecule has 5 nitrogen and oxygen atoms in total. The number of nitrogens with zero attached hydrogens (tertiary/aromatic N) is 3. The van der Waals surface area contributed by atoms with E-state index in [4.69, 9.17) is 0 Å². The van der Waals surface area contributed by atoms with Crippen LogP contribution in [-0.2, 0) is 0 Å². The molecule has 0 aliphatic heterocycles. The van der Waals surface area contributed by atoms with E-state index in [-0.39, 0.29) is 12.1 Å². The lowest BCUT2D eigenvalue weighted by Gasteiger charge is -2.15. The Bertz CT molecular complexity index is 1070. The third-order valence-electron chi connectivity index (χ3n) is 4.27. The average Bonchev–Trinajstić information content (AvgIpc) is 2.72. The number of hydrogen-bond acceptors (Lipinski definition) is 5. The van der Waals surface area contributed by atoms with Crippen molar-refractivity contribution < 1.29 is 9.50 Å². The van der Waals surface area contributed by atoms with Gasteiger partial charge in [-0.05, 0) is 30.3 Å². The summed E-state index contributed by atoms with van der Waals surface area (Å²) < 4.78 is 13.9. The molecule has 2 aromatic carbocycles. The molecule has 0 unspecified atom stereocenters. The Balaban J connectivity index is 1.67. The first-order valence-electron chi connectivity index (χ1n) is 8.56. The largest absolute Gasteiger partial charge is 0.386 e. The van der Waals surface area contributed by atoms with Crippen LogP contribution in [0, 0.1) is 5.82 Å². The van der Waals surface area contributed by atoms with Crippen molar-refractivity contribution in [3.8, 4) is 11.4 Å². The summed E-state index contributed by atoms with van der Waals surface area (Å²) >= 11 is 0. The van der Waals surface area contributed by atoms with E-state index >= 15 is 0 Å². The van der Waals surface area contributed by atoms with Gasteiger partial charge >= 0.3 is 0 Å². The number of aliphatic hydroxyl groups is 1. The third-order valence-corrected chi connectivity index (χ3v) is 4.27. The molecule has 0 bridgehead atoms. The molecule has 6 heteroatoms. The maximum Gasteiger partial charge on any atom is 0.162 e. The van der Waals surface area contributed by atoms with Gasteiger partial charge in [-0.15, -0.1) is 0 Å². The van der Waals surface area contributed by atoms with Gasteiger partial charge < -0.3 is 10.4 Å². The molecule has 0 saturated heterocycles. The van der Waals surface area contributed by atoms with Crippen LogP contribution in [0.4, 0.5) is 10.2 Å². The molecule has 0 aliphatic rings. The summed E-state index contributed by atoms with van der Waals surface area (Å²) in [6.07, 6.45) is 2.37. The highest BCUT2D eigenvalue weighted by atomic mass is 19.1. The molecule has 1 atom stereocenters. The zero-order valence-electron chi connectivity index (χ0n) is 14.4. The van der Waals surface area contributed by atoms with Gasteiger partial charge in [0.2, 0.25) is 0 Å². The van der Waals surface area contributed by atoms with Crippen LogP contribution in [-0.4, -0.2) is 26.6 Å². The van der Waals surface area contributed by atoms with Crippen molar-refractivity contribution in [2.24, 2.45) is 0 Å². The highest BCUT2D eigenvalue weighted by Gasteiger charge is 2.14.